The van der Waals surface area contributed by atoms with Crippen LogP contribution in [0.3, 0.4) is 0 Å². The molecule has 0 heterocycles. The van der Waals surface area contributed by atoms with E-state index in [1.165, 1.54) is 12.1 Å². The quantitative estimate of drug-likeness (QED) is 0.901. The van der Waals surface area contributed by atoms with Gasteiger partial charge >= 0.3 is 0 Å². The van der Waals surface area contributed by atoms with Crippen LogP contribution >= 0.6 is 0 Å². The summed E-state index contributed by atoms with van der Waals surface area (Å²) in [6.45, 7) is 4.22. The zero-order valence-corrected chi connectivity index (χ0v) is 11.5. The fourth-order valence-corrected chi connectivity index (χ4v) is 2.11. The molecule has 0 aliphatic rings. The first-order valence-electron chi connectivity index (χ1n) is 6.43. The molecule has 0 atom stereocenters. The summed E-state index contributed by atoms with van der Waals surface area (Å²) >= 11 is 0. The van der Waals surface area contributed by atoms with E-state index in [4.69, 9.17) is 0 Å². The molecule has 0 fully saturated rings. The number of benzene rings is 2. The Morgan fingerprint density at radius 1 is 1.10 bits per heavy atom. The Balaban J connectivity index is 2.42. The van der Waals surface area contributed by atoms with Gasteiger partial charge in [-0.05, 0) is 43.7 Å². The predicted molar refractivity (Wildman–Crippen MR) is 78.3 cm³/mol. The van der Waals surface area contributed by atoms with E-state index < -0.39 is 0 Å². The number of carbonyl (C=O) groups is 1. The van der Waals surface area contributed by atoms with Crippen LogP contribution in [0.2, 0.25) is 0 Å². The van der Waals surface area contributed by atoms with Crippen molar-refractivity contribution in [3.8, 4) is 11.5 Å². The highest BCUT2D eigenvalue weighted by Gasteiger charge is 2.18. The van der Waals surface area contributed by atoms with E-state index in [1.54, 1.807) is 35.2 Å². The Labute approximate surface area is 117 Å². The van der Waals surface area contributed by atoms with Crippen LogP contribution in [0.5, 0.6) is 11.5 Å². The van der Waals surface area contributed by atoms with E-state index in [-0.39, 0.29) is 17.4 Å². The normalized spacial score (nSPS) is 10.3. The van der Waals surface area contributed by atoms with Crippen LogP contribution in [0, 0.1) is 6.92 Å². The lowest BCUT2D eigenvalue weighted by molar-refractivity contribution is 0.0988. The Bertz CT molecular complexity index is 637. The third-order valence-corrected chi connectivity index (χ3v) is 3.14. The molecule has 4 heteroatoms. The number of phenols is 2. The first-order valence-corrected chi connectivity index (χ1v) is 6.43. The van der Waals surface area contributed by atoms with Crippen molar-refractivity contribution in [1.82, 2.24) is 0 Å². The van der Waals surface area contributed by atoms with Gasteiger partial charge < -0.3 is 15.1 Å². The molecule has 2 N–H and O–H groups in total. The minimum Gasteiger partial charge on any atom is -0.508 e. The van der Waals surface area contributed by atoms with Crippen LogP contribution in [0.15, 0.2) is 42.5 Å². The largest absolute Gasteiger partial charge is 0.508 e. The zero-order chi connectivity index (χ0) is 14.7. The number of amides is 1. The monoisotopic (exact) mass is 271 g/mol. The van der Waals surface area contributed by atoms with Crippen LogP contribution in [-0.4, -0.2) is 22.7 Å². The fraction of sp³-hybridized carbons (Fsp3) is 0.188. The lowest BCUT2D eigenvalue weighted by atomic mass is 10.1. The van der Waals surface area contributed by atoms with Crippen molar-refractivity contribution in [2.24, 2.45) is 0 Å². The number of carbonyl (C=O) groups excluding carboxylic acids is 1. The highest BCUT2D eigenvalue weighted by molar-refractivity contribution is 6.06. The van der Waals surface area contributed by atoms with E-state index in [2.05, 4.69) is 0 Å². The summed E-state index contributed by atoms with van der Waals surface area (Å²) in [7, 11) is 0. The Morgan fingerprint density at radius 2 is 1.80 bits per heavy atom. The average Bonchev–Trinajstić information content (AvgIpc) is 2.43. The van der Waals surface area contributed by atoms with Crippen molar-refractivity contribution >= 4 is 11.6 Å². The molecule has 0 unspecified atom stereocenters. The molecular formula is C16H17NO3. The predicted octanol–water partition coefficient (Wildman–Crippen LogP) is 3.07. The van der Waals surface area contributed by atoms with Gasteiger partial charge in [-0.3, -0.25) is 4.79 Å². The van der Waals surface area contributed by atoms with Crippen molar-refractivity contribution in [3.05, 3.63) is 53.6 Å². The number of anilines is 1. The maximum atomic E-state index is 12.5. The summed E-state index contributed by atoms with van der Waals surface area (Å²) in [6.07, 6.45) is 0. The lowest BCUT2D eigenvalue weighted by Gasteiger charge is -2.23. The van der Waals surface area contributed by atoms with Gasteiger partial charge in [0.2, 0.25) is 0 Å². The summed E-state index contributed by atoms with van der Waals surface area (Å²) in [5, 5.41) is 19.1. The standard InChI is InChI=1S/C16H17NO3/c1-3-17(15-10-14(19)8-7-11(15)2)16(20)12-5-4-6-13(18)9-12/h4-10,18-19H,3H2,1-2H3. The van der Waals surface area contributed by atoms with Gasteiger partial charge in [0.1, 0.15) is 11.5 Å². The van der Waals surface area contributed by atoms with Crippen LogP contribution in [0.4, 0.5) is 5.69 Å². The molecule has 4 nitrogen and oxygen atoms in total. The Kier molecular flexibility index (Phi) is 3.94. The topological polar surface area (TPSA) is 60.8 Å². The van der Waals surface area contributed by atoms with E-state index in [0.29, 0.717) is 17.8 Å². The van der Waals surface area contributed by atoms with Crippen molar-refractivity contribution in [1.29, 1.82) is 0 Å². The maximum Gasteiger partial charge on any atom is 0.258 e. The van der Waals surface area contributed by atoms with Crippen LogP contribution in [-0.2, 0) is 0 Å². The Morgan fingerprint density at radius 3 is 2.45 bits per heavy atom. The smallest absolute Gasteiger partial charge is 0.258 e. The van der Waals surface area contributed by atoms with Crippen LogP contribution < -0.4 is 4.90 Å². The molecule has 1 amide bonds. The molecule has 0 bridgehead atoms. The molecule has 0 radical (unpaired) electrons. The number of aryl methyl sites for hydroxylation is 1. The number of hydrogen-bond acceptors (Lipinski definition) is 3. The summed E-state index contributed by atoms with van der Waals surface area (Å²) in [5.41, 5.74) is 1.98. The van der Waals surface area contributed by atoms with Gasteiger partial charge in [0.25, 0.3) is 5.91 Å². The maximum absolute atomic E-state index is 12.5. The molecule has 0 aliphatic carbocycles. The summed E-state index contributed by atoms with van der Waals surface area (Å²) in [4.78, 5) is 14.1. The van der Waals surface area contributed by atoms with Gasteiger partial charge in [-0.25, -0.2) is 0 Å². The highest BCUT2D eigenvalue weighted by atomic mass is 16.3. The lowest BCUT2D eigenvalue weighted by Crippen LogP contribution is -2.31. The number of aromatic hydroxyl groups is 2. The molecule has 2 rings (SSSR count). The number of rotatable bonds is 3. The molecule has 20 heavy (non-hydrogen) atoms. The molecule has 0 spiro atoms. The molecular weight excluding hydrogens is 254 g/mol. The third kappa shape index (κ3) is 2.74. The Hall–Kier alpha value is -2.49. The number of phenolic OH excluding ortho intramolecular Hbond substituents is 2. The van der Waals surface area contributed by atoms with Gasteiger partial charge in [-0.2, -0.15) is 0 Å². The molecule has 0 saturated carbocycles. The van der Waals surface area contributed by atoms with Gasteiger partial charge in [0.05, 0.1) is 5.69 Å². The van der Waals surface area contributed by atoms with Crippen LogP contribution in [0.25, 0.3) is 0 Å². The molecule has 2 aromatic carbocycles. The molecule has 0 aliphatic heterocycles. The first kappa shape index (κ1) is 13.9. The SMILES string of the molecule is CCN(C(=O)c1cccc(O)c1)c1cc(O)ccc1C. The van der Waals surface area contributed by atoms with Crippen molar-refractivity contribution < 1.29 is 15.0 Å². The molecule has 0 aromatic heterocycles. The second kappa shape index (κ2) is 5.65. The van der Waals surface area contributed by atoms with E-state index >= 15 is 0 Å². The summed E-state index contributed by atoms with van der Waals surface area (Å²) in [5.74, 6) is -0.0376. The first-order chi connectivity index (χ1) is 9.52. The third-order valence-electron chi connectivity index (χ3n) is 3.14. The second-order valence-electron chi connectivity index (χ2n) is 4.57. The molecule has 104 valence electrons. The van der Waals surface area contributed by atoms with Gasteiger partial charge in [-0.15, -0.1) is 0 Å². The fourth-order valence-electron chi connectivity index (χ4n) is 2.11. The average molecular weight is 271 g/mol. The van der Waals surface area contributed by atoms with Crippen molar-refractivity contribution in [2.45, 2.75) is 13.8 Å². The molecule has 0 saturated heterocycles. The van der Waals surface area contributed by atoms with E-state index in [0.717, 1.165) is 5.56 Å². The number of nitrogens with zero attached hydrogens (tertiary/aromatic N) is 1. The van der Waals surface area contributed by atoms with Gasteiger partial charge in [0.15, 0.2) is 0 Å². The molecule has 2 aromatic rings. The second-order valence-corrected chi connectivity index (χ2v) is 4.57. The van der Waals surface area contributed by atoms with Gasteiger partial charge in [0, 0.05) is 18.2 Å². The van der Waals surface area contributed by atoms with E-state index in [1.807, 2.05) is 13.8 Å². The van der Waals surface area contributed by atoms with Crippen LogP contribution in [0.1, 0.15) is 22.8 Å². The van der Waals surface area contributed by atoms with E-state index in [9.17, 15) is 15.0 Å². The van der Waals surface area contributed by atoms with Crippen molar-refractivity contribution in [3.63, 3.8) is 0 Å². The summed E-state index contributed by atoms with van der Waals surface area (Å²) in [6, 6.07) is 11.2. The summed E-state index contributed by atoms with van der Waals surface area (Å²) < 4.78 is 0. The van der Waals surface area contributed by atoms with Gasteiger partial charge in [-0.1, -0.05) is 12.1 Å². The van der Waals surface area contributed by atoms with Crippen molar-refractivity contribution in [2.75, 3.05) is 11.4 Å². The number of hydrogen-bond donors (Lipinski definition) is 2. The zero-order valence-electron chi connectivity index (χ0n) is 11.5. The minimum absolute atomic E-state index is 0.0551. The highest BCUT2D eigenvalue weighted by Crippen LogP contribution is 2.26. The minimum atomic E-state index is -0.211.